The highest BCUT2D eigenvalue weighted by Crippen LogP contribution is 2.49. The summed E-state index contributed by atoms with van der Waals surface area (Å²) in [5, 5.41) is 7.57. The van der Waals surface area contributed by atoms with Gasteiger partial charge in [0.2, 0.25) is 0 Å². The highest BCUT2D eigenvalue weighted by molar-refractivity contribution is 7.26. The molecule has 0 aliphatic heterocycles. The van der Waals surface area contributed by atoms with Crippen LogP contribution >= 0.6 is 11.3 Å². The summed E-state index contributed by atoms with van der Waals surface area (Å²) in [7, 11) is 0. The van der Waals surface area contributed by atoms with Crippen LogP contribution in [0.25, 0.3) is 75.1 Å². The molecule has 0 saturated carbocycles. The summed E-state index contributed by atoms with van der Waals surface area (Å²) < 4.78 is 2.58. The first kappa shape index (κ1) is 30.4. The second-order valence-corrected chi connectivity index (χ2v) is 14.3. The summed E-state index contributed by atoms with van der Waals surface area (Å²) in [5.41, 5.74) is 10.7. The molecular weight excluding hydrogens is 647 g/mol. The average Bonchev–Trinajstić information content (AvgIpc) is 3.61. The molecule has 0 bridgehead atoms. The van der Waals surface area contributed by atoms with Gasteiger partial charge >= 0.3 is 0 Å². The van der Waals surface area contributed by atoms with Crippen LogP contribution in [-0.2, 0) is 0 Å². The molecule has 52 heavy (non-hydrogen) atoms. The van der Waals surface area contributed by atoms with Crippen molar-refractivity contribution in [2.24, 2.45) is 0 Å². The normalized spacial score (nSPS) is 11.5. The lowest BCUT2D eigenvalue weighted by molar-refractivity contribution is 1.31. The van der Waals surface area contributed by atoms with Crippen molar-refractivity contribution in [1.29, 1.82) is 0 Å². The SMILES string of the molecule is c1ccc(-c2ccccc2-c2ccccc2-c2ccccc2N(c2ccc3c(ccc4ccccc43)c2)c2cccc3sc4ccccc4c23)cc1. The number of anilines is 3. The topological polar surface area (TPSA) is 3.24 Å². The first-order chi connectivity index (χ1) is 25.8. The van der Waals surface area contributed by atoms with E-state index >= 15 is 0 Å². The molecule has 0 atom stereocenters. The molecule has 9 aromatic carbocycles. The molecule has 10 rings (SSSR count). The van der Waals surface area contributed by atoms with Gasteiger partial charge in [0.15, 0.2) is 0 Å². The Kier molecular flexibility index (Phi) is 7.41. The molecule has 0 radical (unpaired) electrons. The molecule has 0 N–H and O–H groups in total. The maximum absolute atomic E-state index is 2.49. The van der Waals surface area contributed by atoms with Crippen molar-refractivity contribution >= 4 is 70.1 Å². The van der Waals surface area contributed by atoms with Gasteiger partial charge in [-0.3, -0.25) is 0 Å². The summed E-state index contributed by atoms with van der Waals surface area (Å²) in [5.74, 6) is 0. The minimum atomic E-state index is 1.13. The monoisotopic (exact) mass is 679 g/mol. The first-order valence-corrected chi connectivity index (χ1v) is 18.6. The van der Waals surface area contributed by atoms with Crippen LogP contribution in [0, 0.1) is 0 Å². The Hall–Kier alpha value is -6.48. The van der Waals surface area contributed by atoms with E-state index in [0.717, 1.165) is 11.4 Å². The molecule has 0 aliphatic carbocycles. The van der Waals surface area contributed by atoms with Gasteiger partial charge in [-0.05, 0) is 85.8 Å². The van der Waals surface area contributed by atoms with Gasteiger partial charge < -0.3 is 4.90 Å². The molecular formula is C50H33NS. The second-order valence-electron chi connectivity index (χ2n) is 13.3. The van der Waals surface area contributed by atoms with E-state index in [2.05, 4.69) is 205 Å². The Balaban J connectivity index is 1.25. The van der Waals surface area contributed by atoms with Gasteiger partial charge in [0.25, 0.3) is 0 Å². The van der Waals surface area contributed by atoms with E-state index in [1.807, 2.05) is 11.3 Å². The lowest BCUT2D eigenvalue weighted by Crippen LogP contribution is -2.11. The summed E-state index contributed by atoms with van der Waals surface area (Å²) in [4.78, 5) is 2.49. The van der Waals surface area contributed by atoms with E-state index < -0.39 is 0 Å². The third-order valence-electron chi connectivity index (χ3n) is 10.3. The Morgan fingerprint density at radius 2 is 0.885 bits per heavy atom. The van der Waals surface area contributed by atoms with E-state index in [-0.39, 0.29) is 0 Å². The molecule has 0 spiro atoms. The zero-order chi connectivity index (χ0) is 34.4. The number of rotatable bonds is 6. The van der Waals surface area contributed by atoms with Gasteiger partial charge in [0, 0.05) is 31.4 Å². The molecule has 1 heterocycles. The van der Waals surface area contributed by atoms with Crippen molar-refractivity contribution in [3.8, 4) is 33.4 Å². The van der Waals surface area contributed by atoms with Crippen molar-refractivity contribution in [3.63, 3.8) is 0 Å². The van der Waals surface area contributed by atoms with Crippen molar-refractivity contribution in [1.82, 2.24) is 0 Å². The predicted octanol–water partition coefficient (Wildman–Crippen LogP) is 14.8. The molecule has 0 fully saturated rings. The zero-order valence-electron chi connectivity index (χ0n) is 28.4. The van der Waals surface area contributed by atoms with Gasteiger partial charge in [-0.15, -0.1) is 11.3 Å². The van der Waals surface area contributed by atoms with Crippen LogP contribution in [0.2, 0.25) is 0 Å². The molecule has 0 unspecified atom stereocenters. The number of nitrogens with zero attached hydrogens (tertiary/aromatic N) is 1. The van der Waals surface area contributed by atoms with Crippen molar-refractivity contribution in [2.45, 2.75) is 0 Å². The highest BCUT2D eigenvalue weighted by atomic mass is 32.1. The predicted molar refractivity (Wildman–Crippen MR) is 225 cm³/mol. The maximum Gasteiger partial charge on any atom is 0.0555 e. The van der Waals surface area contributed by atoms with Crippen LogP contribution in [0.1, 0.15) is 0 Å². The van der Waals surface area contributed by atoms with Crippen LogP contribution in [0.5, 0.6) is 0 Å². The number of fused-ring (bicyclic) bond motifs is 6. The van der Waals surface area contributed by atoms with Gasteiger partial charge in [0.05, 0.1) is 11.4 Å². The summed E-state index contributed by atoms with van der Waals surface area (Å²) in [6, 6.07) is 73.0. The quantitative estimate of drug-likeness (QED) is 0.158. The third-order valence-corrected chi connectivity index (χ3v) is 11.4. The molecule has 2 heteroatoms. The Morgan fingerprint density at radius 1 is 0.327 bits per heavy atom. The summed E-state index contributed by atoms with van der Waals surface area (Å²) in [6.07, 6.45) is 0. The van der Waals surface area contributed by atoms with Gasteiger partial charge in [-0.1, -0.05) is 164 Å². The largest absolute Gasteiger partial charge is 0.309 e. The number of hydrogen-bond donors (Lipinski definition) is 0. The van der Waals surface area contributed by atoms with Crippen LogP contribution in [-0.4, -0.2) is 0 Å². The highest BCUT2D eigenvalue weighted by Gasteiger charge is 2.23. The van der Waals surface area contributed by atoms with E-state index in [1.54, 1.807) is 0 Å². The van der Waals surface area contributed by atoms with E-state index in [9.17, 15) is 0 Å². The molecule has 0 amide bonds. The van der Waals surface area contributed by atoms with E-state index in [1.165, 1.54) is 80.8 Å². The van der Waals surface area contributed by atoms with Crippen LogP contribution in [0.4, 0.5) is 17.1 Å². The second kappa shape index (κ2) is 12.7. The number of para-hydroxylation sites is 1. The number of thiophene rings is 1. The van der Waals surface area contributed by atoms with Crippen LogP contribution in [0.3, 0.4) is 0 Å². The van der Waals surface area contributed by atoms with Crippen molar-refractivity contribution in [2.75, 3.05) is 4.90 Å². The third kappa shape index (κ3) is 5.07. The average molecular weight is 680 g/mol. The van der Waals surface area contributed by atoms with Crippen LogP contribution in [0.15, 0.2) is 200 Å². The maximum atomic E-state index is 2.49. The minimum Gasteiger partial charge on any atom is -0.309 e. The molecule has 244 valence electrons. The first-order valence-electron chi connectivity index (χ1n) is 17.8. The van der Waals surface area contributed by atoms with Gasteiger partial charge in [0.1, 0.15) is 0 Å². The molecule has 0 saturated heterocycles. The fourth-order valence-corrected chi connectivity index (χ4v) is 9.05. The Morgan fingerprint density at radius 3 is 1.71 bits per heavy atom. The van der Waals surface area contributed by atoms with Crippen molar-refractivity contribution in [3.05, 3.63) is 200 Å². The van der Waals surface area contributed by atoms with E-state index in [4.69, 9.17) is 0 Å². The summed E-state index contributed by atoms with van der Waals surface area (Å²) in [6.45, 7) is 0. The lowest BCUT2D eigenvalue weighted by Gasteiger charge is -2.29. The van der Waals surface area contributed by atoms with Gasteiger partial charge in [-0.2, -0.15) is 0 Å². The fraction of sp³-hybridized carbons (Fsp3) is 0. The molecule has 1 aromatic heterocycles. The standard InChI is InChI=1S/C50H33NS/c1-2-15-34(16-3-1)39-19-6-7-20-41(39)42-21-8-9-22-43(42)44-23-10-12-25-46(44)51(47-26-14-28-49-50(47)45-24-11-13-27-48(45)52-49)37-31-32-40-36(33-37)30-29-35-17-4-5-18-38(35)40/h1-33H. The molecule has 10 aromatic rings. The minimum absolute atomic E-state index is 1.13. The Bertz CT molecular complexity index is 2920. The fourth-order valence-electron chi connectivity index (χ4n) is 7.93. The van der Waals surface area contributed by atoms with Gasteiger partial charge in [-0.25, -0.2) is 0 Å². The van der Waals surface area contributed by atoms with Crippen LogP contribution < -0.4 is 4.90 Å². The summed E-state index contributed by atoms with van der Waals surface area (Å²) >= 11 is 1.86. The smallest absolute Gasteiger partial charge is 0.0555 e. The molecule has 0 aliphatic rings. The lowest BCUT2D eigenvalue weighted by atomic mass is 9.88. The zero-order valence-corrected chi connectivity index (χ0v) is 29.2. The molecule has 1 nitrogen and oxygen atoms in total. The van der Waals surface area contributed by atoms with Crippen molar-refractivity contribution < 1.29 is 0 Å². The van der Waals surface area contributed by atoms with E-state index in [0.29, 0.717) is 0 Å². The Labute approximate surface area is 307 Å². The number of benzene rings is 9. The number of hydrogen-bond acceptors (Lipinski definition) is 2.